The van der Waals surface area contributed by atoms with Crippen molar-refractivity contribution in [3.05, 3.63) is 71.7 Å². The van der Waals surface area contributed by atoms with Crippen LogP contribution in [0.15, 0.2) is 54.7 Å². The van der Waals surface area contributed by atoms with Crippen molar-refractivity contribution in [1.82, 2.24) is 4.98 Å². The third-order valence-electron chi connectivity index (χ3n) is 4.17. The van der Waals surface area contributed by atoms with Crippen molar-refractivity contribution in [2.45, 2.75) is 18.8 Å². The van der Waals surface area contributed by atoms with Crippen molar-refractivity contribution in [2.24, 2.45) is 0 Å². The number of pyridine rings is 1. The van der Waals surface area contributed by atoms with Crippen molar-refractivity contribution in [2.75, 3.05) is 5.32 Å². The summed E-state index contributed by atoms with van der Waals surface area (Å²) in [5.74, 6) is -0.0199. The Hall–Kier alpha value is -2.75. The summed E-state index contributed by atoms with van der Waals surface area (Å²) in [4.78, 5) is 16.8. The molecule has 1 saturated carbocycles. The van der Waals surface area contributed by atoms with Gasteiger partial charge >= 0.3 is 0 Å². The predicted octanol–water partition coefficient (Wildman–Crippen LogP) is 4.50. The van der Waals surface area contributed by atoms with Gasteiger partial charge < -0.3 is 5.32 Å². The molecule has 1 aromatic heterocycles. The average molecular weight is 306 g/mol. The lowest BCUT2D eigenvalue weighted by molar-refractivity contribution is 0.102. The number of benzene rings is 2. The SMILES string of the molecule is O=C(Nc1ccnc2c(C3CC3)cccc12)c1ccc(F)cc1. The number of aromatic nitrogens is 1. The molecule has 4 heteroatoms. The second kappa shape index (κ2) is 5.47. The van der Waals surface area contributed by atoms with E-state index < -0.39 is 0 Å². The zero-order chi connectivity index (χ0) is 15.8. The molecule has 0 atom stereocenters. The van der Waals surface area contributed by atoms with Crippen LogP contribution in [0.5, 0.6) is 0 Å². The zero-order valence-corrected chi connectivity index (χ0v) is 12.4. The van der Waals surface area contributed by atoms with Crippen LogP contribution >= 0.6 is 0 Å². The molecule has 1 aliphatic rings. The van der Waals surface area contributed by atoms with Gasteiger partial charge in [0.25, 0.3) is 5.91 Å². The van der Waals surface area contributed by atoms with Crippen LogP contribution in [-0.2, 0) is 0 Å². The van der Waals surface area contributed by atoms with E-state index in [1.807, 2.05) is 12.1 Å². The number of halogens is 1. The van der Waals surface area contributed by atoms with Crippen LogP contribution in [0, 0.1) is 5.82 Å². The quantitative estimate of drug-likeness (QED) is 0.774. The molecule has 0 spiro atoms. The summed E-state index contributed by atoms with van der Waals surface area (Å²) in [5, 5.41) is 3.84. The van der Waals surface area contributed by atoms with Gasteiger partial charge in [-0.3, -0.25) is 9.78 Å². The van der Waals surface area contributed by atoms with Crippen molar-refractivity contribution >= 4 is 22.5 Å². The van der Waals surface area contributed by atoms with E-state index in [0.717, 1.165) is 16.6 Å². The summed E-state index contributed by atoms with van der Waals surface area (Å²) in [5.41, 5.74) is 3.36. The van der Waals surface area contributed by atoms with Crippen LogP contribution in [-0.4, -0.2) is 10.9 Å². The van der Waals surface area contributed by atoms with Crippen LogP contribution in [0.1, 0.15) is 34.7 Å². The number of carbonyl (C=O) groups excluding carboxylic acids is 1. The van der Waals surface area contributed by atoms with Crippen molar-refractivity contribution < 1.29 is 9.18 Å². The maximum atomic E-state index is 13.0. The average Bonchev–Trinajstić information content (AvgIpc) is 3.40. The highest BCUT2D eigenvalue weighted by atomic mass is 19.1. The van der Waals surface area contributed by atoms with Gasteiger partial charge in [0.1, 0.15) is 5.82 Å². The summed E-state index contributed by atoms with van der Waals surface area (Å²) in [6.45, 7) is 0. The minimum absolute atomic E-state index is 0.255. The van der Waals surface area contributed by atoms with Gasteiger partial charge in [-0.05, 0) is 54.7 Å². The molecule has 23 heavy (non-hydrogen) atoms. The van der Waals surface area contributed by atoms with Crippen LogP contribution < -0.4 is 5.32 Å². The fraction of sp³-hybridized carbons (Fsp3) is 0.158. The molecule has 1 fully saturated rings. The first-order valence-corrected chi connectivity index (χ1v) is 7.67. The molecule has 3 nitrogen and oxygen atoms in total. The lowest BCUT2D eigenvalue weighted by Gasteiger charge is -2.10. The molecular weight excluding hydrogens is 291 g/mol. The van der Waals surface area contributed by atoms with Crippen LogP contribution in [0.2, 0.25) is 0 Å². The molecule has 1 amide bonds. The van der Waals surface area contributed by atoms with E-state index in [0.29, 0.717) is 11.5 Å². The maximum absolute atomic E-state index is 13.0. The van der Waals surface area contributed by atoms with Gasteiger partial charge in [-0.1, -0.05) is 18.2 Å². The topological polar surface area (TPSA) is 42.0 Å². The zero-order valence-electron chi connectivity index (χ0n) is 12.4. The number of fused-ring (bicyclic) bond motifs is 1. The number of nitrogens with one attached hydrogen (secondary N) is 1. The smallest absolute Gasteiger partial charge is 0.255 e. The molecule has 114 valence electrons. The fourth-order valence-corrected chi connectivity index (χ4v) is 2.83. The Morgan fingerprint density at radius 3 is 2.61 bits per heavy atom. The minimum atomic E-state index is -0.356. The van der Waals surface area contributed by atoms with Crippen LogP contribution in [0.3, 0.4) is 0 Å². The van der Waals surface area contributed by atoms with Gasteiger partial charge in [-0.2, -0.15) is 0 Å². The van der Waals surface area contributed by atoms with E-state index in [1.54, 1.807) is 12.3 Å². The minimum Gasteiger partial charge on any atom is -0.321 e. The van der Waals surface area contributed by atoms with Gasteiger partial charge in [0.2, 0.25) is 0 Å². The Morgan fingerprint density at radius 2 is 1.87 bits per heavy atom. The highest BCUT2D eigenvalue weighted by molar-refractivity contribution is 6.08. The van der Waals surface area contributed by atoms with Crippen molar-refractivity contribution in [3.8, 4) is 0 Å². The lowest BCUT2D eigenvalue weighted by Crippen LogP contribution is -2.12. The van der Waals surface area contributed by atoms with E-state index in [9.17, 15) is 9.18 Å². The summed E-state index contributed by atoms with van der Waals surface area (Å²) in [7, 11) is 0. The number of carbonyl (C=O) groups is 1. The summed E-state index contributed by atoms with van der Waals surface area (Å²) < 4.78 is 13.0. The predicted molar refractivity (Wildman–Crippen MR) is 88.1 cm³/mol. The number of anilines is 1. The summed E-state index contributed by atoms with van der Waals surface area (Å²) in [6.07, 6.45) is 4.12. The number of rotatable bonds is 3. The van der Waals surface area contributed by atoms with Gasteiger partial charge in [0.05, 0.1) is 11.2 Å². The molecule has 0 bridgehead atoms. The number of hydrogen-bond donors (Lipinski definition) is 1. The highest BCUT2D eigenvalue weighted by Crippen LogP contribution is 2.43. The summed E-state index contributed by atoms with van der Waals surface area (Å²) in [6, 6.07) is 13.4. The Balaban J connectivity index is 1.70. The molecule has 1 aliphatic carbocycles. The normalized spacial score (nSPS) is 14.0. The Labute approximate surface area is 133 Å². The van der Waals surface area contributed by atoms with E-state index in [1.165, 1.54) is 42.7 Å². The second-order valence-electron chi connectivity index (χ2n) is 5.84. The van der Waals surface area contributed by atoms with Crippen molar-refractivity contribution in [3.63, 3.8) is 0 Å². The highest BCUT2D eigenvalue weighted by Gasteiger charge is 2.26. The Morgan fingerprint density at radius 1 is 1.09 bits per heavy atom. The third kappa shape index (κ3) is 2.68. The summed E-state index contributed by atoms with van der Waals surface area (Å²) >= 11 is 0. The van der Waals surface area contributed by atoms with Gasteiger partial charge in [0.15, 0.2) is 0 Å². The Bertz CT molecular complexity index is 886. The standard InChI is InChI=1S/C19H15FN2O/c20-14-8-6-13(7-9-14)19(23)22-17-10-11-21-18-15(12-4-5-12)2-1-3-16(17)18/h1-3,6-12H,4-5H2,(H,21,22,23). The first-order valence-electron chi connectivity index (χ1n) is 7.67. The monoisotopic (exact) mass is 306 g/mol. The molecule has 1 heterocycles. The van der Waals surface area contributed by atoms with Crippen LogP contribution in [0.4, 0.5) is 10.1 Å². The number of nitrogens with zero attached hydrogens (tertiary/aromatic N) is 1. The molecule has 0 aliphatic heterocycles. The van der Waals surface area contributed by atoms with E-state index in [4.69, 9.17) is 0 Å². The molecule has 1 N–H and O–H groups in total. The van der Waals surface area contributed by atoms with E-state index in [2.05, 4.69) is 16.4 Å². The molecule has 3 aromatic rings. The van der Waals surface area contributed by atoms with E-state index in [-0.39, 0.29) is 11.7 Å². The van der Waals surface area contributed by atoms with Crippen molar-refractivity contribution in [1.29, 1.82) is 0 Å². The fourth-order valence-electron chi connectivity index (χ4n) is 2.83. The van der Waals surface area contributed by atoms with Gasteiger partial charge in [-0.25, -0.2) is 4.39 Å². The molecule has 0 unspecified atom stereocenters. The first kappa shape index (κ1) is 13.9. The van der Waals surface area contributed by atoms with E-state index >= 15 is 0 Å². The molecule has 0 radical (unpaired) electrons. The van der Waals surface area contributed by atoms with Gasteiger partial charge in [0, 0.05) is 17.1 Å². The first-order chi connectivity index (χ1) is 11.2. The lowest BCUT2D eigenvalue weighted by atomic mass is 10.0. The molecule has 4 rings (SSSR count). The number of amides is 1. The number of para-hydroxylation sites is 1. The second-order valence-corrected chi connectivity index (χ2v) is 5.84. The Kier molecular flexibility index (Phi) is 3.30. The van der Waals surface area contributed by atoms with Crippen LogP contribution in [0.25, 0.3) is 10.9 Å². The number of hydrogen-bond acceptors (Lipinski definition) is 2. The molecular formula is C19H15FN2O. The molecule has 0 saturated heterocycles. The third-order valence-corrected chi connectivity index (χ3v) is 4.17. The molecule has 2 aromatic carbocycles. The largest absolute Gasteiger partial charge is 0.321 e. The van der Waals surface area contributed by atoms with Gasteiger partial charge in [-0.15, -0.1) is 0 Å². The maximum Gasteiger partial charge on any atom is 0.255 e.